The molecule has 2 fully saturated rings. The van der Waals surface area contributed by atoms with E-state index in [1.807, 2.05) is 20.8 Å². The highest BCUT2D eigenvalue weighted by Gasteiger charge is 2.50. The predicted molar refractivity (Wildman–Crippen MR) is 82.4 cm³/mol. The highest BCUT2D eigenvalue weighted by atomic mass is 16.7. The van der Waals surface area contributed by atoms with Crippen molar-refractivity contribution in [1.29, 1.82) is 0 Å². The van der Waals surface area contributed by atoms with E-state index in [0.29, 0.717) is 6.42 Å². The molecule has 0 radical (unpaired) electrons. The van der Waals surface area contributed by atoms with Gasteiger partial charge in [0.1, 0.15) is 18.3 Å². The van der Waals surface area contributed by atoms with Gasteiger partial charge in [-0.3, -0.25) is 0 Å². The lowest BCUT2D eigenvalue weighted by Gasteiger charge is -2.39. The fraction of sp³-hybridized carbons (Fsp3) is 1.00. The van der Waals surface area contributed by atoms with E-state index >= 15 is 0 Å². The molecule has 0 aromatic carbocycles. The minimum absolute atomic E-state index is 0.144. The molecule has 0 amide bonds. The summed E-state index contributed by atoms with van der Waals surface area (Å²) in [6.07, 6.45) is -4.62. The molecule has 0 spiro atoms. The summed E-state index contributed by atoms with van der Waals surface area (Å²) in [7, 11) is 0. The van der Waals surface area contributed by atoms with Gasteiger partial charge in [0, 0.05) is 6.54 Å². The van der Waals surface area contributed by atoms with Gasteiger partial charge in [-0.25, -0.2) is 0 Å². The van der Waals surface area contributed by atoms with Crippen LogP contribution in [0, 0.1) is 5.41 Å². The van der Waals surface area contributed by atoms with E-state index in [4.69, 9.17) is 25.7 Å². The summed E-state index contributed by atoms with van der Waals surface area (Å²) >= 11 is 0. The van der Waals surface area contributed by atoms with Crippen molar-refractivity contribution in [3.05, 3.63) is 0 Å². The van der Waals surface area contributed by atoms with Gasteiger partial charge < -0.3 is 41.0 Å². The third kappa shape index (κ3) is 4.02. The molecule has 2 aliphatic heterocycles. The fourth-order valence-electron chi connectivity index (χ4n) is 3.18. The zero-order valence-corrected chi connectivity index (χ0v) is 14.0. The third-order valence-corrected chi connectivity index (χ3v) is 4.49. The number of rotatable bonds is 4. The van der Waals surface area contributed by atoms with Crippen molar-refractivity contribution < 1.29 is 29.5 Å². The van der Waals surface area contributed by atoms with Gasteiger partial charge in [0.05, 0.1) is 31.0 Å². The number of hydrogen-bond acceptors (Lipinski definition) is 8. The normalized spacial score (nSPS) is 45.4. The Morgan fingerprint density at radius 2 is 1.83 bits per heavy atom. The van der Waals surface area contributed by atoms with Gasteiger partial charge in [-0.2, -0.15) is 0 Å². The molecule has 8 heteroatoms. The Labute approximate surface area is 136 Å². The van der Waals surface area contributed by atoms with Gasteiger partial charge in [0.15, 0.2) is 6.29 Å². The molecule has 0 aromatic heterocycles. The molecule has 8 atom stereocenters. The summed E-state index contributed by atoms with van der Waals surface area (Å²) in [6.45, 7) is 5.70. The van der Waals surface area contributed by atoms with Crippen LogP contribution in [-0.4, -0.2) is 77.4 Å². The summed E-state index contributed by atoms with van der Waals surface area (Å²) < 4.78 is 17.2. The Morgan fingerprint density at radius 3 is 2.35 bits per heavy atom. The van der Waals surface area contributed by atoms with Crippen molar-refractivity contribution in [3.8, 4) is 0 Å². The maximum Gasteiger partial charge on any atom is 0.173 e. The van der Waals surface area contributed by atoms with E-state index in [0.717, 1.165) is 0 Å². The SMILES string of the molecule is CC(C)(C)[C@@H]1O[C@H](CO)[C@H](OC2O[C@@H](CN)C(O)CC2N)C1O. The first kappa shape index (κ1) is 19.0. The number of ether oxygens (including phenoxy) is 3. The maximum atomic E-state index is 10.5. The average Bonchev–Trinajstić information content (AvgIpc) is 2.78. The molecule has 0 bridgehead atoms. The number of hydrogen-bond donors (Lipinski definition) is 5. The molecule has 136 valence electrons. The molecule has 0 aliphatic carbocycles. The van der Waals surface area contributed by atoms with E-state index in [-0.39, 0.29) is 18.6 Å². The lowest BCUT2D eigenvalue weighted by Crippen LogP contribution is -2.56. The Bertz CT molecular complexity index is 391. The molecular formula is C15H30N2O6. The van der Waals surface area contributed by atoms with E-state index in [2.05, 4.69) is 0 Å². The summed E-state index contributed by atoms with van der Waals surface area (Å²) in [5, 5.41) is 29.9. The molecule has 2 rings (SSSR count). The summed E-state index contributed by atoms with van der Waals surface area (Å²) in [4.78, 5) is 0. The van der Waals surface area contributed by atoms with Crippen molar-refractivity contribution in [2.75, 3.05) is 13.2 Å². The summed E-state index contributed by atoms with van der Waals surface area (Å²) in [5.74, 6) is 0. The second-order valence-corrected chi connectivity index (χ2v) is 7.48. The highest BCUT2D eigenvalue weighted by molar-refractivity contribution is 4.97. The van der Waals surface area contributed by atoms with E-state index in [1.165, 1.54) is 0 Å². The minimum Gasteiger partial charge on any atom is -0.394 e. The zero-order chi connectivity index (χ0) is 17.4. The van der Waals surface area contributed by atoms with Crippen LogP contribution < -0.4 is 11.5 Å². The second kappa shape index (κ2) is 7.28. The van der Waals surface area contributed by atoms with Crippen molar-refractivity contribution in [3.63, 3.8) is 0 Å². The van der Waals surface area contributed by atoms with Gasteiger partial charge in [-0.15, -0.1) is 0 Å². The van der Waals surface area contributed by atoms with Crippen LogP contribution in [0.3, 0.4) is 0 Å². The van der Waals surface area contributed by atoms with E-state index < -0.39 is 49.0 Å². The van der Waals surface area contributed by atoms with Crippen molar-refractivity contribution >= 4 is 0 Å². The molecule has 23 heavy (non-hydrogen) atoms. The van der Waals surface area contributed by atoms with Crippen LogP contribution in [0.4, 0.5) is 0 Å². The Balaban J connectivity index is 2.08. The lowest BCUT2D eigenvalue weighted by molar-refractivity contribution is -0.257. The molecule has 0 saturated carbocycles. The standard InChI is InChI=1S/C15H30N2O6/c1-15(2,3)13-11(20)12(10(6-18)21-13)23-14-7(17)4-8(19)9(5-16)22-14/h7-14,18-20H,4-6,16-17H2,1-3H3/t7?,8?,9-,10+,11?,12-,13+,14?/m0/s1. The largest absolute Gasteiger partial charge is 0.394 e. The van der Waals surface area contributed by atoms with Crippen LogP contribution in [-0.2, 0) is 14.2 Å². The fourth-order valence-corrected chi connectivity index (χ4v) is 3.18. The molecule has 2 saturated heterocycles. The molecule has 0 aromatic rings. The molecule has 4 unspecified atom stereocenters. The van der Waals surface area contributed by atoms with E-state index in [1.54, 1.807) is 0 Å². The molecule has 2 heterocycles. The van der Waals surface area contributed by atoms with Gasteiger partial charge in [-0.1, -0.05) is 20.8 Å². The number of nitrogens with two attached hydrogens (primary N) is 2. The zero-order valence-electron chi connectivity index (χ0n) is 14.0. The van der Waals surface area contributed by atoms with Crippen LogP contribution >= 0.6 is 0 Å². The summed E-state index contributed by atoms with van der Waals surface area (Å²) in [5.41, 5.74) is 11.2. The first-order valence-corrected chi connectivity index (χ1v) is 8.08. The monoisotopic (exact) mass is 334 g/mol. The maximum absolute atomic E-state index is 10.5. The van der Waals surface area contributed by atoms with Crippen LogP contribution in [0.15, 0.2) is 0 Å². The van der Waals surface area contributed by atoms with Crippen molar-refractivity contribution in [2.24, 2.45) is 16.9 Å². The van der Waals surface area contributed by atoms with Gasteiger partial charge in [0.2, 0.25) is 0 Å². The smallest absolute Gasteiger partial charge is 0.173 e. The van der Waals surface area contributed by atoms with Gasteiger partial charge >= 0.3 is 0 Å². The Hall–Kier alpha value is -0.320. The first-order valence-electron chi connectivity index (χ1n) is 8.08. The topological polar surface area (TPSA) is 140 Å². The Kier molecular flexibility index (Phi) is 6.02. The second-order valence-electron chi connectivity index (χ2n) is 7.48. The van der Waals surface area contributed by atoms with E-state index in [9.17, 15) is 15.3 Å². The van der Waals surface area contributed by atoms with Crippen LogP contribution in [0.1, 0.15) is 27.2 Å². The van der Waals surface area contributed by atoms with Crippen molar-refractivity contribution in [1.82, 2.24) is 0 Å². The quantitative estimate of drug-likeness (QED) is 0.410. The Morgan fingerprint density at radius 1 is 1.17 bits per heavy atom. The lowest BCUT2D eigenvalue weighted by atomic mass is 9.85. The predicted octanol–water partition coefficient (Wildman–Crippen LogP) is -1.70. The van der Waals surface area contributed by atoms with Gasteiger partial charge in [-0.05, 0) is 11.8 Å². The number of aliphatic hydroxyl groups is 3. The van der Waals surface area contributed by atoms with Crippen LogP contribution in [0.2, 0.25) is 0 Å². The molecular weight excluding hydrogens is 304 g/mol. The van der Waals surface area contributed by atoms with Crippen molar-refractivity contribution in [2.45, 2.75) is 76.1 Å². The van der Waals surface area contributed by atoms with Crippen LogP contribution in [0.25, 0.3) is 0 Å². The first-order chi connectivity index (χ1) is 10.7. The number of aliphatic hydroxyl groups excluding tert-OH is 3. The average molecular weight is 334 g/mol. The van der Waals surface area contributed by atoms with Crippen LogP contribution in [0.5, 0.6) is 0 Å². The van der Waals surface area contributed by atoms with Gasteiger partial charge in [0.25, 0.3) is 0 Å². The molecule has 2 aliphatic rings. The third-order valence-electron chi connectivity index (χ3n) is 4.49. The highest BCUT2D eigenvalue weighted by Crippen LogP contribution is 2.36. The summed E-state index contributed by atoms with van der Waals surface area (Å²) in [6, 6.07) is -0.548. The molecule has 7 N–H and O–H groups in total. The minimum atomic E-state index is -0.911. The molecule has 8 nitrogen and oxygen atoms in total.